The number of nitrogens with one attached hydrogen (secondary N) is 1. The van der Waals surface area contributed by atoms with Crippen molar-refractivity contribution in [3.8, 4) is 0 Å². The lowest BCUT2D eigenvalue weighted by Crippen LogP contribution is -2.15. The Kier molecular flexibility index (Phi) is 3.80. The SMILES string of the molecule is C=CCOCc1cc(CNC2CC2)c(C)o1. The van der Waals surface area contributed by atoms with Gasteiger partial charge in [-0.3, -0.25) is 0 Å². The quantitative estimate of drug-likeness (QED) is 0.567. The molecule has 1 saturated carbocycles. The van der Waals surface area contributed by atoms with Gasteiger partial charge in [0.25, 0.3) is 0 Å². The zero-order valence-electron chi connectivity index (χ0n) is 9.79. The van der Waals surface area contributed by atoms with Crippen LogP contribution in [-0.2, 0) is 17.9 Å². The minimum atomic E-state index is 0.524. The fraction of sp³-hybridized carbons (Fsp3) is 0.538. The lowest BCUT2D eigenvalue weighted by atomic mass is 10.2. The maximum atomic E-state index is 5.61. The minimum absolute atomic E-state index is 0.524. The molecule has 1 N–H and O–H groups in total. The highest BCUT2D eigenvalue weighted by molar-refractivity contribution is 5.20. The summed E-state index contributed by atoms with van der Waals surface area (Å²) in [6.07, 6.45) is 4.36. The zero-order chi connectivity index (χ0) is 11.4. The molecule has 0 saturated heterocycles. The standard InChI is InChI=1S/C13H19NO2/c1-3-6-15-9-13-7-11(10(2)16-13)8-14-12-4-5-12/h3,7,12,14H,1,4-6,8-9H2,2H3. The Bertz CT molecular complexity index is 353. The van der Waals surface area contributed by atoms with E-state index in [0.717, 1.165) is 24.1 Å². The normalized spacial score (nSPS) is 15.3. The second-order valence-electron chi connectivity index (χ2n) is 4.25. The van der Waals surface area contributed by atoms with Crippen LogP contribution >= 0.6 is 0 Å². The second kappa shape index (κ2) is 5.32. The molecule has 1 aliphatic carbocycles. The highest BCUT2D eigenvalue weighted by Gasteiger charge is 2.20. The fourth-order valence-corrected chi connectivity index (χ4v) is 1.62. The van der Waals surface area contributed by atoms with Crippen molar-refractivity contribution in [2.24, 2.45) is 0 Å². The zero-order valence-corrected chi connectivity index (χ0v) is 9.79. The first-order chi connectivity index (χ1) is 7.79. The van der Waals surface area contributed by atoms with Gasteiger partial charge < -0.3 is 14.5 Å². The summed E-state index contributed by atoms with van der Waals surface area (Å²) in [6, 6.07) is 2.81. The molecular weight excluding hydrogens is 202 g/mol. The molecule has 2 rings (SSSR count). The first-order valence-electron chi connectivity index (χ1n) is 5.80. The molecule has 1 aliphatic rings. The van der Waals surface area contributed by atoms with E-state index in [1.807, 2.05) is 6.92 Å². The third kappa shape index (κ3) is 3.22. The third-order valence-corrected chi connectivity index (χ3v) is 2.71. The number of hydrogen-bond acceptors (Lipinski definition) is 3. The molecular formula is C13H19NO2. The van der Waals surface area contributed by atoms with Crippen molar-refractivity contribution < 1.29 is 9.15 Å². The van der Waals surface area contributed by atoms with Crippen LogP contribution in [0.25, 0.3) is 0 Å². The van der Waals surface area contributed by atoms with Gasteiger partial charge in [0, 0.05) is 18.2 Å². The predicted molar refractivity (Wildman–Crippen MR) is 63.2 cm³/mol. The summed E-state index contributed by atoms with van der Waals surface area (Å²) in [5, 5.41) is 3.48. The van der Waals surface area contributed by atoms with E-state index < -0.39 is 0 Å². The van der Waals surface area contributed by atoms with Gasteiger partial charge in [0.2, 0.25) is 0 Å². The van der Waals surface area contributed by atoms with Crippen LogP contribution in [0.2, 0.25) is 0 Å². The Morgan fingerprint density at radius 2 is 2.44 bits per heavy atom. The molecule has 0 atom stereocenters. The molecule has 0 spiro atoms. The minimum Gasteiger partial charge on any atom is -0.464 e. The summed E-state index contributed by atoms with van der Waals surface area (Å²) < 4.78 is 11.0. The second-order valence-corrected chi connectivity index (χ2v) is 4.25. The first-order valence-corrected chi connectivity index (χ1v) is 5.80. The van der Waals surface area contributed by atoms with Crippen molar-refractivity contribution in [1.29, 1.82) is 0 Å². The Hall–Kier alpha value is -1.06. The number of hydrogen-bond donors (Lipinski definition) is 1. The van der Waals surface area contributed by atoms with Crippen LogP contribution in [0.4, 0.5) is 0 Å². The molecule has 88 valence electrons. The Morgan fingerprint density at radius 1 is 1.62 bits per heavy atom. The molecule has 0 aromatic carbocycles. The molecule has 0 aliphatic heterocycles. The first kappa shape index (κ1) is 11.4. The smallest absolute Gasteiger partial charge is 0.130 e. The van der Waals surface area contributed by atoms with Gasteiger partial charge in [-0.15, -0.1) is 6.58 Å². The van der Waals surface area contributed by atoms with Crippen LogP contribution in [-0.4, -0.2) is 12.6 Å². The van der Waals surface area contributed by atoms with Crippen LogP contribution in [0, 0.1) is 6.92 Å². The monoisotopic (exact) mass is 221 g/mol. The summed E-state index contributed by atoms with van der Waals surface area (Å²) in [4.78, 5) is 0. The van der Waals surface area contributed by atoms with Crippen molar-refractivity contribution in [3.63, 3.8) is 0 Å². The summed E-state index contributed by atoms with van der Waals surface area (Å²) in [5.74, 6) is 1.89. The Balaban J connectivity index is 1.83. The van der Waals surface area contributed by atoms with Crippen LogP contribution in [0.3, 0.4) is 0 Å². The van der Waals surface area contributed by atoms with Gasteiger partial charge in [-0.1, -0.05) is 6.08 Å². The van der Waals surface area contributed by atoms with Crippen molar-refractivity contribution >= 4 is 0 Å². The van der Waals surface area contributed by atoms with E-state index in [9.17, 15) is 0 Å². The number of rotatable bonds is 7. The predicted octanol–water partition coefficient (Wildman–Crippen LogP) is 2.54. The summed E-state index contributed by atoms with van der Waals surface area (Å²) >= 11 is 0. The average Bonchev–Trinajstić information content (AvgIpc) is 3.02. The van der Waals surface area contributed by atoms with Gasteiger partial charge in [-0.25, -0.2) is 0 Å². The van der Waals surface area contributed by atoms with Gasteiger partial charge in [0.05, 0.1) is 6.61 Å². The molecule has 0 radical (unpaired) electrons. The van der Waals surface area contributed by atoms with Gasteiger partial charge in [-0.2, -0.15) is 0 Å². The molecule has 1 fully saturated rings. The average molecular weight is 221 g/mol. The maximum absolute atomic E-state index is 5.61. The van der Waals surface area contributed by atoms with Crippen molar-refractivity contribution in [2.75, 3.05) is 6.61 Å². The Morgan fingerprint density at radius 3 is 3.12 bits per heavy atom. The van der Waals surface area contributed by atoms with Gasteiger partial charge >= 0.3 is 0 Å². The lowest BCUT2D eigenvalue weighted by molar-refractivity contribution is 0.131. The number of ether oxygens (including phenoxy) is 1. The highest BCUT2D eigenvalue weighted by atomic mass is 16.5. The molecule has 3 nitrogen and oxygen atoms in total. The topological polar surface area (TPSA) is 34.4 Å². The number of aryl methyl sites for hydroxylation is 1. The molecule has 0 amide bonds. The molecule has 16 heavy (non-hydrogen) atoms. The molecule has 1 aromatic rings. The summed E-state index contributed by atoms with van der Waals surface area (Å²) in [6.45, 7) is 7.60. The lowest BCUT2D eigenvalue weighted by Gasteiger charge is -1.99. The maximum Gasteiger partial charge on any atom is 0.130 e. The molecule has 0 bridgehead atoms. The van der Waals surface area contributed by atoms with E-state index in [0.29, 0.717) is 13.2 Å². The molecule has 0 unspecified atom stereocenters. The highest BCUT2D eigenvalue weighted by Crippen LogP contribution is 2.21. The van der Waals surface area contributed by atoms with Crippen molar-refractivity contribution in [3.05, 3.63) is 35.8 Å². The van der Waals surface area contributed by atoms with Crippen LogP contribution < -0.4 is 5.32 Å². The molecule has 1 aromatic heterocycles. The fourth-order valence-electron chi connectivity index (χ4n) is 1.62. The molecule has 1 heterocycles. The van der Waals surface area contributed by atoms with E-state index in [-0.39, 0.29) is 0 Å². The van der Waals surface area contributed by atoms with Crippen LogP contribution in [0.5, 0.6) is 0 Å². The number of furan rings is 1. The summed E-state index contributed by atoms with van der Waals surface area (Å²) in [5.41, 5.74) is 1.24. The Labute approximate surface area is 96.5 Å². The summed E-state index contributed by atoms with van der Waals surface area (Å²) in [7, 11) is 0. The van der Waals surface area contributed by atoms with E-state index in [1.165, 1.54) is 18.4 Å². The van der Waals surface area contributed by atoms with Gasteiger partial charge in [0.15, 0.2) is 0 Å². The largest absolute Gasteiger partial charge is 0.464 e. The molecule has 3 heteroatoms. The van der Waals surface area contributed by atoms with Gasteiger partial charge in [-0.05, 0) is 25.8 Å². The third-order valence-electron chi connectivity index (χ3n) is 2.71. The van der Waals surface area contributed by atoms with Crippen molar-refractivity contribution in [1.82, 2.24) is 5.32 Å². The van der Waals surface area contributed by atoms with Crippen LogP contribution in [0.15, 0.2) is 23.1 Å². The van der Waals surface area contributed by atoms with E-state index in [4.69, 9.17) is 9.15 Å². The van der Waals surface area contributed by atoms with Crippen molar-refractivity contribution in [2.45, 2.75) is 39.0 Å². The van der Waals surface area contributed by atoms with Crippen LogP contribution in [0.1, 0.15) is 29.9 Å². The van der Waals surface area contributed by atoms with Gasteiger partial charge in [0.1, 0.15) is 18.1 Å². The van der Waals surface area contributed by atoms with E-state index in [1.54, 1.807) is 6.08 Å². The van der Waals surface area contributed by atoms with E-state index in [2.05, 4.69) is 18.0 Å². The van der Waals surface area contributed by atoms with E-state index >= 15 is 0 Å².